The molecule has 0 saturated heterocycles. The van der Waals surface area contributed by atoms with E-state index in [9.17, 15) is 26.7 Å². The highest BCUT2D eigenvalue weighted by Crippen LogP contribution is 2.41. The highest BCUT2D eigenvalue weighted by molar-refractivity contribution is 7.61. The lowest BCUT2D eigenvalue weighted by molar-refractivity contribution is 0.371. The lowest BCUT2D eigenvalue weighted by Crippen LogP contribution is -2.28. The summed E-state index contributed by atoms with van der Waals surface area (Å²) in [6.07, 6.45) is 0. The van der Waals surface area contributed by atoms with Crippen molar-refractivity contribution < 1.29 is 46.3 Å². The zero-order valence-electron chi connectivity index (χ0n) is 8.01. The summed E-state index contributed by atoms with van der Waals surface area (Å²) in [6, 6.07) is 0. The van der Waals surface area contributed by atoms with Gasteiger partial charge in [0.15, 0.2) is 23.3 Å². The Kier molecular flexibility index (Phi) is 3.75. The first-order valence-corrected chi connectivity index (χ1v) is 7.09. The zero-order chi connectivity index (χ0) is 14.5. The molecule has 0 fully saturated rings. The molecule has 0 atom stereocenters. The first kappa shape index (κ1) is 15.3. The van der Waals surface area contributed by atoms with E-state index >= 15 is 0 Å². The van der Waals surface area contributed by atoms with Gasteiger partial charge in [-0.3, -0.25) is 9.13 Å². The van der Waals surface area contributed by atoms with E-state index in [1.54, 1.807) is 0 Å². The molecule has 0 aliphatic rings. The Morgan fingerprint density at radius 2 is 0.778 bits per heavy atom. The highest BCUT2D eigenvalue weighted by atomic mass is 31.2. The van der Waals surface area contributed by atoms with Gasteiger partial charge < -0.3 is 19.6 Å². The lowest BCUT2D eigenvalue weighted by Gasteiger charge is -2.13. The molecule has 0 saturated carbocycles. The maximum Gasteiger partial charge on any atom is 0.362 e. The second kappa shape index (κ2) is 4.41. The summed E-state index contributed by atoms with van der Waals surface area (Å²) >= 11 is 0. The van der Waals surface area contributed by atoms with E-state index < -0.39 is 49.1 Å². The molecule has 4 N–H and O–H groups in total. The van der Waals surface area contributed by atoms with Crippen LogP contribution in [0.4, 0.5) is 17.6 Å². The molecule has 0 amide bonds. The van der Waals surface area contributed by atoms with Gasteiger partial charge in [-0.2, -0.15) is 0 Å². The van der Waals surface area contributed by atoms with Crippen LogP contribution < -0.4 is 10.6 Å². The zero-order valence-corrected chi connectivity index (χ0v) is 9.80. The second-order valence-electron chi connectivity index (χ2n) is 3.04. The Hall–Kier alpha value is -0.760. The van der Waals surface area contributed by atoms with E-state index in [-0.39, 0.29) is 0 Å². The summed E-state index contributed by atoms with van der Waals surface area (Å²) in [7, 11) is -11.4. The average Bonchev–Trinajstić information content (AvgIpc) is 2.10. The van der Waals surface area contributed by atoms with Crippen LogP contribution in [0.25, 0.3) is 0 Å². The fourth-order valence-electron chi connectivity index (χ4n) is 1.12. The van der Waals surface area contributed by atoms with Gasteiger partial charge in [-0.05, 0) is 0 Å². The van der Waals surface area contributed by atoms with E-state index in [4.69, 9.17) is 19.6 Å². The van der Waals surface area contributed by atoms with Crippen molar-refractivity contribution in [3.05, 3.63) is 23.3 Å². The van der Waals surface area contributed by atoms with Gasteiger partial charge in [-0.25, -0.2) is 17.6 Å². The Morgan fingerprint density at radius 3 is 0.889 bits per heavy atom. The minimum absolute atomic E-state index is 2.23. The van der Waals surface area contributed by atoms with E-state index in [1.807, 2.05) is 0 Å². The molecule has 1 rings (SSSR count). The fraction of sp³-hybridized carbons (Fsp3) is 0. The molecule has 1 aromatic carbocycles. The van der Waals surface area contributed by atoms with Crippen molar-refractivity contribution in [2.75, 3.05) is 0 Å². The molecule has 0 aromatic heterocycles. The molecule has 6 nitrogen and oxygen atoms in total. The first-order chi connectivity index (χ1) is 7.89. The molecule has 12 heteroatoms. The maximum absolute atomic E-state index is 13.1. The molecule has 1 aromatic rings. The van der Waals surface area contributed by atoms with Gasteiger partial charge in [0.25, 0.3) is 0 Å². The largest absolute Gasteiger partial charge is 0.362 e. The number of hydrogen-bond donors (Lipinski definition) is 4. The minimum Gasteiger partial charge on any atom is -0.321 e. The summed E-state index contributed by atoms with van der Waals surface area (Å²) in [5.41, 5.74) is 0. The molecular weight excluding hydrogens is 306 g/mol. The lowest BCUT2D eigenvalue weighted by atomic mass is 10.3. The summed E-state index contributed by atoms with van der Waals surface area (Å²) < 4.78 is 73.7. The summed E-state index contributed by atoms with van der Waals surface area (Å²) in [5, 5.41) is -4.45. The number of hydrogen-bond acceptors (Lipinski definition) is 2. The predicted octanol–water partition coefficient (Wildman–Crippen LogP) is -0.151. The summed E-state index contributed by atoms with van der Waals surface area (Å²) in [4.78, 5) is 34.0. The van der Waals surface area contributed by atoms with Gasteiger partial charge >= 0.3 is 15.2 Å². The van der Waals surface area contributed by atoms with Crippen LogP contribution in [0.3, 0.4) is 0 Å². The van der Waals surface area contributed by atoms with Gasteiger partial charge in [-0.1, -0.05) is 0 Å². The normalized spacial score (nSPS) is 12.9. The van der Waals surface area contributed by atoms with Crippen molar-refractivity contribution in [3.8, 4) is 0 Å². The first-order valence-electron chi connectivity index (χ1n) is 3.87. The van der Waals surface area contributed by atoms with Gasteiger partial charge in [0, 0.05) is 0 Å². The average molecular weight is 310 g/mol. The SMILES string of the molecule is O=P(O)(O)c1c(F)c(F)c(P(=O)(O)O)c(F)c1F. The second-order valence-corrected chi connectivity index (χ2v) is 6.11. The molecule has 0 radical (unpaired) electrons. The molecular formula is C6H4F4O6P2. The number of halogens is 4. The van der Waals surface area contributed by atoms with Gasteiger partial charge in [0.1, 0.15) is 10.6 Å². The molecule has 0 bridgehead atoms. The summed E-state index contributed by atoms with van der Waals surface area (Å²) in [6.45, 7) is 0. The van der Waals surface area contributed by atoms with Crippen molar-refractivity contribution in [1.29, 1.82) is 0 Å². The van der Waals surface area contributed by atoms with Crippen LogP contribution in [0.2, 0.25) is 0 Å². The molecule has 0 heterocycles. The van der Waals surface area contributed by atoms with Crippen molar-refractivity contribution in [2.24, 2.45) is 0 Å². The summed E-state index contributed by atoms with van der Waals surface area (Å²) in [5.74, 6) is -10.2. The third kappa shape index (κ3) is 2.49. The van der Waals surface area contributed by atoms with Crippen molar-refractivity contribution in [1.82, 2.24) is 0 Å². The minimum atomic E-state index is -5.70. The highest BCUT2D eigenvalue weighted by Gasteiger charge is 2.40. The monoisotopic (exact) mass is 310 g/mol. The quantitative estimate of drug-likeness (QED) is 0.343. The Balaban J connectivity index is 3.90. The fourth-order valence-corrected chi connectivity index (χ4v) is 2.54. The predicted molar refractivity (Wildman–Crippen MR) is 49.6 cm³/mol. The molecule has 0 unspecified atom stereocenters. The van der Waals surface area contributed by atoms with Gasteiger partial charge in [-0.15, -0.1) is 0 Å². The van der Waals surface area contributed by atoms with Gasteiger partial charge in [0.2, 0.25) is 0 Å². The third-order valence-electron chi connectivity index (χ3n) is 1.80. The van der Waals surface area contributed by atoms with E-state index in [0.29, 0.717) is 0 Å². The van der Waals surface area contributed by atoms with Gasteiger partial charge in [0.05, 0.1) is 0 Å². The topological polar surface area (TPSA) is 115 Å². The van der Waals surface area contributed by atoms with Crippen LogP contribution >= 0.6 is 15.2 Å². The van der Waals surface area contributed by atoms with Crippen LogP contribution in [-0.2, 0) is 9.13 Å². The van der Waals surface area contributed by atoms with E-state index in [2.05, 4.69) is 0 Å². The van der Waals surface area contributed by atoms with Crippen molar-refractivity contribution in [3.63, 3.8) is 0 Å². The van der Waals surface area contributed by atoms with E-state index in [1.165, 1.54) is 0 Å². The Bertz CT molecular complexity index is 523. The van der Waals surface area contributed by atoms with Crippen molar-refractivity contribution in [2.45, 2.75) is 0 Å². The molecule has 102 valence electrons. The van der Waals surface area contributed by atoms with Crippen LogP contribution in [0.1, 0.15) is 0 Å². The smallest absolute Gasteiger partial charge is 0.321 e. The Morgan fingerprint density at radius 1 is 0.611 bits per heavy atom. The van der Waals surface area contributed by atoms with Crippen LogP contribution in [-0.4, -0.2) is 19.6 Å². The molecule has 18 heavy (non-hydrogen) atoms. The van der Waals surface area contributed by atoms with Crippen LogP contribution in [0.5, 0.6) is 0 Å². The van der Waals surface area contributed by atoms with Crippen LogP contribution in [0.15, 0.2) is 0 Å². The van der Waals surface area contributed by atoms with E-state index in [0.717, 1.165) is 0 Å². The molecule has 0 aliphatic carbocycles. The van der Waals surface area contributed by atoms with Crippen molar-refractivity contribution >= 4 is 25.8 Å². The standard InChI is InChI=1S/C6H4F4O6P2/c7-1-2(8)6(18(14,15)16)4(10)3(9)5(1)17(11,12)13/h(H2,11,12,13)(H2,14,15,16). The van der Waals surface area contributed by atoms with Crippen LogP contribution in [0, 0.1) is 23.3 Å². The third-order valence-corrected chi connectivity index (χ3v) is 3.75. The number of benzene rings is 1. The molecule has 0 spiro atoms. The number of rotatable bonds is 2. The molecule has 0 aliphatic heterocycles. The Labute approximate surface area is 96.2 Å². The maximum atomic E-state index is 13.1.